The Kier molecular flexibility index (Phi) is 7.44. The molecule has 3 aromatic rings. The fourth-order valence-electron chi connectivity index (χ4n) is 4.59. The standard InChI is InChI=1S/C28H32N2O5/c1-4-34-24-15-13-20(17-25(24)35-5-2)18(3)29-27(32)23-11-8-16-30(23)28(33)22-14-12-19-9-6-7-10-21(19)26(22)31/h6-7,9-10,12-15,17-18,23,31H,4-5,8,11,16H2,1-3H3,(H,29,32). The summed E-state index contributed by atoms with van der Waals surface area (Å²) in [6.07, 6.45) is 1.30. The number of hydrogen-bond donors (Lipinski definition) is 2. The van der Waals surface area contributed by atoms with Crippen molar-refractivity contribution in [1.82, 2.24) is 10.2 Å². The highest BCUT2D eigenvalue weighted by Crippen LogP contribution is 2.33. The van der Waals surface area contributed by atoms with Crippen molar-refractivity contribution in [3.63, 3.8) is 0 Å². The van der Waals surface area contributed by atoms with Crippen molar-refractivity contribution in [3.05, 3.63) is 65.7 Å². The third kappa shape index (κ3) is 5.04. The van der Waals surface area contributed by atoms with E-state index in [2.05, 4.69) is 5.32 Å². The largest absolute Gasteiger partial charge is 0.506 e. The van der Waals surface area contributed by atoms with Gasteiger partial charge in [-0.2, -0.15) is 0 Å². The SMILES string of the molecule is CCOc1ccc(C(C)NC(=O)C2CCCN2C(=O)c2ccc3ccccc3c2O)cc1OCC. The lowest BCUT2D eigenvalue weighted by molar-refractivity contribution is -0.125. The summed E-state index contributed by atoms with van der Waals surface area (Å²) in [5.74, 6) is 0.705. The van der Waals surface area contributed by atoms with Crippen LogP contribution < -0.4 is 14.8 Å². The number of ether oxygens (including phenoxy) is 2. The predicted molar refractivity (Wildman–Crippen MR) is 135 cm³/mol. The molecule has 1 fully saturated rings. The van der Waals surface area contributed by atoms with Gasteiger partial charge in [0.05, 0.1) is 24.8 Å². The molecule has 7 heteroatoms. The summed E-state index contributed by atoms with van der Waals surface area (Å²) in [6, 6.07) is 15.6. The monoisotopic (exact) mass is 476 g/mol. The number of fused-ring (bicyclic) bond motifs is 1. The Labute approximate surface area is 205 Å². The minimum absolute atomic E-state index is 0.0506. The van der Waals surface area contributed by atoms with Gasteiger partial charge in [0, 0.05) is 11.9 Å². The fourth-order valence-corrected chi connectivity index (χ4v) is 4.59. The minimum Gasteiger partial charge on any atom is -0.506 e. The maximum Gasteiger partial charge on any atom is 0.258 e. The van der Waals surface area contributed by atoms with Gasteiger partial charge in [0.25, 0.3) is 5.91 Å². The van der Waals surface area contributed by atoms with E-state index in [1.807, 2.05) is 63.2 Å². The number of benzene rings is 3. The smallest absolute Gasteiger partial charge is 0.258 e. The van der Waals surface area contributed by atoms with Gasteiger partial charge in [-0.1, -0.05) is 36.4 Å². The molecule has 2 atom stereocenters. The third-order valence-electron chi connectivity index (χ3n) is 6.37. The number of carbonyl (C=O) groups is 2. The lowest BCUT2D eigenvalue weighted by Gasteiger charge is -2.26. The second-order valence-corrected chi connectivity index (χ2v) is 8.64. The van der Waals surface area contributed by atoms with E-state index in [-0.39, 0.29) is 29.2 Å². The van der Waals surface area contributed by atoms with Crippen LogP contribution in [-0.4, -0.2) is 47.6 Å². The van der Waals surface area contributed by atoms with Gasteiger partial charge in [-0.05, 0) is 62.8 Å². The third-order valence-corrected chi connectivity index (χ3v) is 6.37. The molecule has 0 radical (unpaired) electrons. The maximum atomic E-state index is 13.4. The molecular weight excluding hydrogens is 444 g/mol. The van der Waals surface area contributed by atoms with Crippen molar-refractivity contribution in [2.45, 2.75) is 45.7 Å². The summed E-state index contributed by atoms with van der Waals surface area (Å²) in [5.41, 5.74) is 1.10. The topological polar surface area (TPSA) is 88.1 Å². The Morgan fingerprint density at radius 2 is 1.80 bits per heavy atom. The molecule has 184 valence electrons. The zero-order valence-corrected chi connectivity index (χ0v) is 20.4. The number of aromatic hydroxyl groups is 1. The van der Waals surface area contributed by atoms with Gasteiger partial charge in [0.15, 0.2) is 11.5 Å². The highest BCUT2D eigenvalue weighted by Gasteiger charge is 2.36. The van der Waals surface area contributed by atoms with Gasteiger partial charge in [0.2, 0.25) is 5.91 Å². The quantitative estimate of drug-likeness (QED) is 0.486. The van der Waals surface area contributed by atoms with Crippen molar-refractivity contribution in [2.75, 3.05) is 19.8 Å². The lowest BCUT2D eigenvalue weighted by Crippen LogP contribution is -2.46. The van der Waals surface area contributed by atoms with E-state index in [0.717, 1.165) is 17.4 Å². The van der Waals surface area contributed by atoms with E-state index in [9.17, 15) is 14.7 Å². The molecule has 0 aliphatic carbocycles. The number of likely N-dealkylation sites (tertiary alicyclic amines) is 1. The van der Waals surface area contributed by atoms with Crippen LogP contribution in [0.2, 0.25) is 0 Å². The molecule has 1 aliphatic rings. The lowest BCUT2D eigenvalue weighted by atomic mass is 10.0. The number of carbonyl (C=O) groups excluding carboxylic acids is 2. The number of rotatable bonds is 8. The summed E-state index contributed by atoms with van der Waals surface area (Å²) in [4.78, 5) is 28.1. The van der Waals surface area contributed by atoms with E-state index in [4.69, 9.17) is 9.47 Å². The van der Waals surface area contributed by atoms with Crippen molar-refractivity contribution >= 4 is 22.6 Å². The van der Waals surface area contributed by atoms with Gasteiger partial charge >= 0.3 is 0 Å². The van der Waals surface area contributed by atoms with Gasteiger partial charge in [0.1, 0.15) is 11.8 Å². The molecule has 4 rings (SSSR count). The molecular formula is C28H32N2O5. The second-order valence-electron chi connectivity index (χ2n) is 8.64. The van der Waals surface area contributed by atoms with Crippen LogP contribution in [-0.2, 0) is 4.79 Å². The minimum atomic E-state index is -0.593. The summed E-state index contributed by atoms with van der Waals surface area (Å²) < 4.78 is 11.3. The van der Waals surface area contributed by atoms with Gasteiger partial charge in [-0.25, -0.2) is 0 Å². The molecule has 3 aromatic carbocycles. The van der Waals surface area contributed by atoms with Crippen LogP contribution in [0.1, 0.15) is 55.6 Å². The van der Waals surface area contributed by atoms with Crippen molar-refractivity contribution in [1.29, 1.82) is 0 Å². The van der Waals surface area contributed by atoms with Gasteiger partial charge < -0.3 is 24.8 Å². The first kappa shape index (κ1) is 24.4. The summed E-state index contributed by atoms with van der Waals surface area (Å²) >= 11 is 0. The number of hydrogen-bond acceptors (Lipinski definition) is 5. The van der Waals surface area contributed by atoms with Crippen LogP contribution in [0.4, 0.5) is 0 Å². The highest BCUT2D eigenvalue weighted by molar-refractivity contribution is 6.05. The van der Waals surface area contributed by atoms with Crippen LogP contribution in [0.15, 0.2) is 54.6 Å². The molecule has 2 N–H and O–H groups in total. The van der Waals surface area contributed by atoms with E-state index < -0.39 is 6.04 Å². The second kappa shape index (κ2) is 10.7. The number of phenolic OH excluding ortho intramolecular Hbond substituents is 1. The summed E-state index contributed by atoms with van der Waals surface area (Å²) in [6.45, 7) is 7.23. The van der Waals surface area contributed by atoms with E-state index in [1.54, 1.807) is 17.0 Å². The average molecular weight is 477 g/mol. The van der Waals surface area contributed by atoms with Crippen LogP contribution >= 0.6 is 0 Å². The van der Waals surface area contributed by atoms with E-state index in [1.165, 1.54) is 0 Å². The number of nitrogens with zero attached hydrogens (tertiary/aromatic N) is 1. The molecule has 0 spiro atoms. The van der Waals surface area contributed by atoms with Crippen molar-refractivity contribution < 1.29 is 24.2 Å². The van der Waals surface area contributed by atoms with E-state index >= 15 is 0 Å². The van der Waals surface area contributed by atoms with Crippen LogP contribution in [0.3, 0.4) is 0 Å². The van der Waals surface area contributed by atoms with Crippen molar-refractivity contribution in [3.8, 4) is 17.2 Å². The van der Waals surface area contributed by atoms with E-state index in [0.29, 0.717) is 43.1 Å². The highest BCUT2D eigenvalue weighted by atomic mass is 16.5. The fraction of sp³-hybridized carbons (Fsp3) is 0.357. The first-order valence-electron chi connectivity index (χ1n) is 12.2. The summed E-state index contributed by atoms with van der Waals surface area (Å²) in [5, 5.41) is 15.3. The first-order chi connectivity index (χ1) is 16.9. The Morgan fingerprint density at radius 3 is 2.57 bits per heavy atom. The van der Waals surface area contributed by atoms with Gasteiger partial charge in [-0.15, -0.1) is 0 Å². The molecule has 0 aromatic heterocycles. The molecule has 35 heavy (non-hydrogen) atoms. The predicted octanol–water partition coefficient (Wildman–Crippen LogP) is 4.82. The Hall–Kier alpha value is -3.74. The normalized spacial score (nSPS) is 16.2. The summed E-state index contributed by atoms with van der Waals surface area (Å²) in [7, 11) is 0. The Balaban J connectivity index is 1.50. The molecule has 1 saturated heterocycles. The molecule has 0 bridgehead atoms. The molecule has 1 heterocycles. The maximum absolute atomic E-state index is 13.4. The zero-order chi connectivity index (χ0) is 24.9. The molecule has 2 unspecified atom stereocenters. The molecule has 1 aliphatic heterocycles. The molecule has 2 amide bonds. The van der Waals surface area contributed by atoms with Crippen LogP contribution in [0, 0.1) is 0 Å². The van der Waals surface area contributed by atoms with Crippen LogP contribution in [0.25, 0.3) is 10.8 Å². The Bertz CT molecular complexity index is 1230. The first-order valence-corrected chi connectivity index (χ1v) is 12.2. The molecule has 7 nitrogen and oxygen atoms in total. The van der Waals surface area contributed by atoms with Crippen molar-refractivity contribution in [2.24, 2.45) is 0 Å². The number of nitrogens with one attached hydrogen (secondary N) is 1. The Morgan fingerprint density at radius 1 is 1.06 bits per heavy atom. The zero-order valence-electron chi connectivity index (χ0n) is 20.4. The average Bonchev–Trinajstić information content (AvgIpc) is 3.36. The molecule has 0 saturated carbocycles. The van der Waals surface area contributed by atoms with Gasteiger partial charge in [-0.3, -0.25) is 9.59 Å². The van der Waals surface area contributed by atoms with Crippen LogP contribution in [0.5, 0.6) is 17.2 Å². The number of phenols is 1. The number of amides is 2.